The van der Waals surface area contributed by atoms with E-state index < -0.39 is 29.9 Å². The predicted octanol–water partition coefficient (Wildman–Crippen LogP) is -0.391. The second-order valence-electron chi connectivity index (χ2n) is 3.22. The summed E-state index contributed by atoms with van der Waals surface area (Å²) >= 11 is 0. The average molecular weight is 237 g/mol. The molecule has 0 aliphatic heterocycles. The van der Waals surface area contributed by atoms with Gasteiger partial charge in [-0.2, -0.15) is 13.2 Å². The zero-order valence-corrected chi connectivity index (χ0v) is 8.36. The van der Waals surface area contributed by atoms with Crippen LogP contribution < -0.4 is 16.9 Å². The molecule has 16 heavy (non-hydrogen) atoms. The third kappa shape index (κ3) is 2.16. The molecule has 0 amide bonds. The average Bonchev–Trinajstić information content (AvgIpc) is 2.17. The Morgan fingerprint density at radius 1 is 1.31 bits per heavy atom. The molecule has 0 fully saturated rings. The molecule has 1 rings (SSSR count). The molecule has 1 atom stereocenters. The van der Waals surface area contributed by atoms with Gasteiger partial charge in [-0.1, -0.05) is 0 Å². The molecule has 0 radical (unpaired) electrons. The van der Waals surface area contributed by atoms with E-state index in [2.05, 4.69) is 0 Å². The number of aryl methyl sites for hydroxylation is 1. The minimum atomic E-state index is -4.66. The zero-order valence-electron chi connectivity index (χ0n) is 8.36. The van der Waals surface area contributed by atoms with Crippen molar-refractivity contribution in [3.05, 3.63) is 33.1 Å². The SMILES string of the molecule is Cn1ccn(C(CN)C(F)(F)F)c(=O)c1=O. The van der Waals surface area contributed by atoms with Crippen molar-refractivity contribution in [1.29, 1.82) is 0 Å². The van der Waals surface area contributed by atoms with Crippen LogP contribution in [0, 0.1) is 0 Å². The third-order valence-electron chi connectivity index (χ3n) is 2.13. The quantitative estimate of drug-likeness (QED) is 0.712. The van der Waals surface area contributed by atoms with E-state index in [1.807, 2.05) is 0 Å². The molecule has 8 heteroatoms. The monoisotopic (exact) mass is 237 g/mol. The topological polar surface area (TPSA) is 70.0 Å². The lowest BCUT2D eigenvalue weighted by molar-refractivity contribution is -0.165. The number of alkyl halides is 3. The van der Waals surface area contributed by atoms with Crippen molar-refractivity contribution in [2.75, 3.05) is 6.54 Å². The van der Waals surface area contributed by atoms with Gasteiger partial charge < -0.3 is 10.3 Å². The summed E-state index contributed by atoms with van der Waals surface area (Å²) in [4.78, 5) is 22.5. The first-order valence-corrected chi connectivity index (χ1v) is 4.33. The molecule has 0 saturated heterocycles. The summed E-state index contributed by atoms with van der Waals surface area (Å²) in [5, 5.41) is 0. The van der Waals surface area contributed by atoms with Crippen molar-refractivity contribution in [3.8, 4) is 0 Å². The van der Waals surface area contributed by atoms with E-state index in [9.17, 15) is 22.8 Å². The molecule has 2 N–H and O–H groups in total. The Labute approximate surface area is 87.9 Å². The lowest BCUT2D eigenvalue weighted by atomic mass is 10.3. The molecule has 90 valence electrons. The summed E-state index contributed by atoms with van der Waals surface area (Å²) < 4.78 is 38.6. The number of hydrogen-bond acceptors (Lipinski definition) is 3. The number of nitrogens with two attached hydrogens (primary N) is 1. The fourth-order valence-electron chi connectivity index (χ4n) is 1.22. The summed E-state index contributed by atoms with van der Waals surface area (Å²) in [7, 11) is 1.28. The molecule has 0 aromatic carbocycles. The highest BCUT2D eigenvalue weighted by Gasteiger charge is 2.40. The van der Waals surface area contributed by atoms with Gasteiger partial charge >= 0.3 is 17.3 Å². The Morgan fingerprint density at radius 2 is 1.88 bits per heavy atom. The zero-order chi connectivity index (χ0) is 12.5. The van der Waals surface area contributed by atoms with Gasteiger partial charge in [0.2, 0.25) is 0 Å². The van der Waals surface area contributed by atoms with Crippen LogP contribution in [0.5, 0.6) is 0 Å². The van der Waals surface area contributed by atoms with E-state index in [0.29, 0.717) is 4.57 Å². The minimum absolute atomic E-state index is 0.308. The summed E-state index contributed by atoms with van der Waals surface area (Å²) in [6, 6.07) is -2.17. The predicted molar refractivity (Wildman–Crippen MR) is 50.1 cm³/mol. The van der Waals surface area contributed by atoms with Crippen LogP contribution in [-0.2, 0) is 7.05 Å². The molecule has 0 aliphatic rings. The third-order valence-corrected chi connectivity index (χ3v) is 2.13. The van der Waals surface area contributed by atoms with Crippen LogP contribution >= 0.6 is 0 Å². The summed E-state index contributed by atoms with van der Waals surface area (Å²) in [6.07, 6.45) is -2.68. The maximum atomic E-state index is 12.5. The van der Waals surface area contributed by atoms with Gasteiger partial charge in [-0.25, -0.2) is 0 Å². The Bertz CT molecular complexity index is 489. The number of rotatable bonds is 2. The Kier molecular flexibility index (Phi) is 3.22. The second kappa shape index (κ2) is 4.12. The van der Waals surface area contributed by atoms with Crippen molar-refractivity contribution >= 4 is 0 Å². The van der Waals surface area contributed by atoms with Gasteiger partial charge in [-0.05, 0) is 0 Å². The molecule has 1 aromatic rings. The first-order chi connectivity index (χ1) is 7.29. The van der Waals surface area contributed by atoms with Crippen LogP contribution in [0.2, 0.25) is 0 Å². The molecule has 5 nitrogen and oxygen atoms in total. The Hall–Kier alpha value is -1.57. The van der Waals surface area contributed by atoms with E-state index in [1.54, 1.807) is 0 Å². The fourth-order valence-corrected chi connectivity index (χ4v) is 1.22. The van der Waals surface area contributed by atoms with E-state index in [1.165, 1.54) is 7.05 Å². The summed E-state index contributed by atoms with van der Waals surface area (Å²) in [5.74, 6) is 0. The molecule has 0 bridgehead atoms. The van der Waals surface area contributed by atoms with E-state index >= 15 is 0 Å². The number of nitrogens with zero attached hydrogens (tertiary/aromatic N) is 2. The molecule has 1 aromatic heterocycles. The van der Waals surface area contributed by atoms with Gasteiger partial charge in [-0.3, -0.25) is 14.2 Å². The van der Waals surface area contributed by atoms with Crippen LogP contribution in [0.4, 0.5) is 13.2 Å². The van der Waals surface area contributed by atoms with Gasteiger partial charge in [0.1, 0.15) is 6.04 Å². The highest BCUT2D eigenvalue weighted by Crippen LogP contribution is 2.27. The maximum Gasteiger partial charge on any atom is 0.410 e. The van der Waals surface area contributed by atoms with Crippen molar-refractivity contribution < 1.29 is 13.2 Å². The number of halogens is 3. The van der Waals surface area contributed by atoms with Crippen molar-refractivity contribution in [2.24, 2.45) is 12.8 Å². The number of aromatic nitrogens is 2. The first kappa shape index (κ1) is 12.5. The molecule has 1 unspecified atom stereocenters. The summed E-state index contributed by atoms with van der Waals surface area (Å²) in [6.45, 7) is -0.795. The lowest BCUT2D eigenvalue weighted by Crippen LogP contribution is -2.46. The van der Waals surface area contributed by atoms with Crippen LogP contribution in [0.3, 0.4) is 0 Å². The van der Waals surface area contributed by atoms with E-state index in [4.69, 9.17) is 5.73 Å². The molecule has 0 aliphatic carbocycles. The largest absolute Gasteiger partial charge is 0.410 e. The smallest absolute Gasteiger partial charge is 0.328 e. The molecular formula is C8H10F3N3O2. The summed E-state index contributed by atoms with van der Waals surface area (Å²) in [5.41, 5.74) is 2.70. The van der Waals surface area contributed by atoms with Gasteiger partial charge in [0.05, 0.1) is 0 Å². The number of hydrogen-bond donors (Lipinski definition) is 1. The van der Waals surface area contributed by atoms with Crippen LogP contribution in [0.25, 0.3) is 0 Å². The Morgan fingerprint density at radius 3 is 2.31 bits per heavy atom. The standard InChI is InChI=1S/C8H10F3N3O2/c1-13-2-3-14(7(16)6(13)15)5(4-12)8(9,10)11/h2-3,5H,4,12H2,1H3. The van der Waals surface area contributed by atoms with Crippen molar-refractivity contribution in [3.63, 3.8) is 0 Å². The van der Waals surface area contributed by atoms with Gasteiger partial charge in [-0.15, -0.1) is 0 Å². The van der Waals surface area contributed by atoms with Gasteiger partial charge in [0, 0.05) is 26.0 Å². The molecule has 0 spiro atoms. The fraction of sp³-hybridized carbons (Fsp3) is 0.500. The van der Waals surface area contributed by atoms with E-state index in [-0.39, 0.29) is 0 Å². The van der Waals surface area contributed by atoms with Crippen molar-refractivity contribution in [2.45, 2.75) is 12.2 Å². The normalized spacial score (nSPS) is 13.8. The van der Waals surface area contributed by atoms with Crippen LogP contribution in [0.1, 0.15) is 6.04 Å². The highest BCUT2D eigenvalue weighted by atomic mass is 19.4. The van der Waals surface area contributed by atoms with Crippen molar-refractivity contribution in [1.82, 2.24) is 9.13 Å². The minimum Gasteiger partial charge on any atom is -0.328 e. The molecule has 0 saturated carbocycles. The van der Waals surface area contributed by atoms with Gasteiger partial charge in [0.25, 0.3) is 0 Å². The highest BCUT2D eigenvalue weighted by molar-refractivity contribution is 4.90. The van der Waals surface area contributed by atoms with Crippen LogP contribution in [-0.4, -0.2) is 21.9 Å². The van der Waals surface area contributed by atoms with Gasteiger partial charge in [0.15, 0.2) is 0 Å². The Balaban J connectivity index is 3.39. The lowest BCUT2D eigenvalue weighted by Gasteiger charge is -2.20. The first-order valence-electron chi connectivity index (χ1n) is 4.33. The van der Waals surface area contributed by atoms with E-state index in [0.717, 1.165) is 17.0 Å². The van der Waals surface area contributed by atoms with Crippen LogP contribution in [0.15, 0.2) is 22.0 Å². The maximum absolute atomic E-state index is 12.5. The second-order valence-corrected chi connectivity index (χ2v) is 3.22. The molecule has 1 heterocycles. The molecular weight excluding hydrogens is 227 g/mol.